The van der Waals surface area contributed by atoms with E-state index in [2.05, 4.69) is 10.5 Å². The van der Waals surface area contributed by atoms with E-state index < -0.39 is 11.9 Å². The minimum atomic E-state index is -0.835. The Bertz CT molecular complexity index is 589. The quantitative estimate of drug-likeness (QED) is 0.598. The third-order valence-electron chi connectivity index (χ3n) is 2.27. The van der Waals surface area contributed by atoms with Crippen molar-refractivity contribution in [3.63, 3.8) is 0 Å². The molecule has 1 aromatic heterocycles. The zero-order valence-corrected chi connectivity index (χ0v) is 9.10. The number of amides is 3. The highest BCUT2D eigenvalue weighted by atomic mass is 16.2. The number of hydrogen-bond donors (Lipinski definition) is 3. The van der Waals surface area contributed by atoms with E-state index in [1.54, 1.807) is 17.8 Å². The fourth-order valence-corrected chi connectivity index (χ4v) is 1.56. The highest BCUT2D eigenvalue weighted by Gasteiger charge is 2.15. The first-order valence-electron chi connectivity index (χ1n) is 4.87. The molecule has 7 heteroatoms. The minimum absolute atomic E-state index is 0.233. The number of urea groups is 1. The maximum absolute atomic E-state index is 11.7. The number of aryl methyl sites for hydroxylation is 1. The van der Waals surface area contributed by atoms with E-state index in [0.29, 0.717) is 5.39 Å². The molecule has 0 spiro atoms. The van der Waals surface area contributed by atoms with Gasteiger partial charge < -0.3 is 5.73 Å². The molecular formula is C10H11N5O2. The van der Waals surface area contributed by atoms with Crippen molar-refractivity contribution in [2.75, 3.05) is 0 Å². The van der Waals surface area contributed by atoms with E-state index in [4.69, 9.17) is 5.73 Å². The van der Waals surface area contributed by atoms with E-state index in [0.717, 1.165) is 5.52 Å². The van der Waals surface area contributed by atoms with Gasteiger partial charge in [0.15, 0.2) is 5.69 Å². The van der Waals surface area contributed by atoms with Crippen molar-refractivity contribution in [3.05, 3.63) is 30.0 Å². The van der Waals surface area contributed by atoms with Gasteiger partial charge >= 0.3 is 6.03 Å². The third kappa shape index (κ3) is 2.03. The van der Waals surface area contributed by atoms with Crippen LogP contribution in [0.2, 0.25) is 0 Å². The van der Waals surface area contributed by atoms with Crippen LogP contribution in [0.3, 0.4) is 0 Å². The summed E-state index contributed by atoms with van der Waals surface area (Å²) in [5.41, 5.74) is 10.1. The summed E-state index contributed by atoms with van der Waals surface area (Å²) < 4.78 is 1.59. The third-order valence-corrected chi connectivity index (χ3v) is 2.27. The fraction of sp³-hybridized carbons (Fsp3) is 0.100. The molecule has 7 nitrogen and oxygen atoms in total. The maximum atomic E-state index is 11.7. The summed E-state index contributed by atoms with van der Waals surface area (Å²) in [4.78, 5) is 22.2. The smallest absolute Gasteiger partial charge is 0.330 e. The number of nitrogens with one attached hydrogen (secondary N) is 2. The largest absolute Gasteiger partial charge is 0.350 e. The number of nitrogens with zero attached hydrogens (tertiary/aromatic N) is 2. The van der Waals surface area contributed by atoms with Crippen LogP contribution in [-0.4, -0.2) is 21.7 Å². The van der Waals surface area contributed by atoms with Crippen molar-refractivity contribution in [1.82, 2.24) is 20.6 Å². The van der Waals surface area contributed by atoms with Gasteiger partial charge in [-0.2, -0.15) is 5.10 Å². The molecule has 0 radical (unpaired) electrons. The molecule has 88 valence electrons. The average molecular weight is 233 g/mol. The SMILES string of the molecule is Cn1nc(C(=O)NNC(N)=O)c2ccccc21. The zero-order valence-electron chi connectivity index (χ0n) is 9.10. The van der Waals surface area contributed by atoms with Crippen molar-refractivity contribution in [2.24, 2.45) is 12.8 Å². The number of hydrazine groups is 1. The predicted molar refractivity (Wildman–Crippen MR) is 60.9 cm³/mol. The second-order valence-corrected chi connectivity index (χ2v) is 3.43. The fourth-order valence-electron chi connectivity index (χ4n) is 1.56. The number of fused-ring (bicyclic) bond motifs is 1. The first kappa shape index (κ1) is 10.9. The Kier molecular flexibility index (Phi) is 2.65. The Hall–Kier alpha value is -2.57. The number of para-hydroxylation sites is 1. The number of hydrogen-bond acceptors (Lipinski definition) is 3. The van der Waals surface area contributed by atoms with Crippen molar-refractivity contribution >= 4 is 22.8 Å². The van der Waals surface area contributed by atoms with Gasteiger partial charge in [-0.25, -0.2) is 10.2 Å². The molecule has 3 amide bonds. The van der Waals surface area contributed by atoms with E-state index in [-0.39, 0.29) is 5.69 Å². The maximum Gasteiger partial charge on any atom is 0.330 e. The van der Waals surface area contributed by atoms with Gasteiger partial charge in [0.25, 0.3) is 5.91 Å². The van der Waals surface area contributed by atoms with Crippen molar-refractivity contribution in [3.8, 4) is 0 Å². The standard InChI is InChI=1S/C10H11N5O2/c1-15-7-5-3-2-4-6(7)8(14-15)9(16)12-13-10(11)17/h2-5H,1H3,(H,12,16)(H3,11,13,17). The highest BCUT2D eigenvalue weighted by Crippen LogP contribution is 2.16. The molecule has 2 aromatic rings. The molecule has 0 atom stereocenters. The Morgan fingerprint density at radius 3 is 2.71 bits per heavy atom. The Morgan fingerprint density at radius 1 is 1.29 bits per heavy atom. The monoisotopic (exact) mass is 233 g/mol. The number of benzene rings is 1. The van der Waals surface area contributed by atoms with Crippen LogP contribution < -0.4 is 16.6 Å². The van der Waals surface area contributed by atoms with Crippen LogP contribution in [-0.2, 0) is 7.05 Å². The molecule has 0 saturated carbocycles. The number of carbonyl (C=O) groups excluding carboxylic acids is 2. The molecule has 1 aromatic carbocycles. The van der Waals surface area contributed by atoms with E-state index in [1.165, 1.54) is 0 Å². The molecule has 1 heterocycles. The van der Waals surface area contributed by atoms with Crippen LogP contribution >= 0.6 is 0 Å². The second kappa shape index (κ2) is 4.12. The Balaban J connectivity index is 2.35. The normalized spacial score (nSPS) is 10.2. The summed E-state index contributed by atoms with van der Waals surface area (Å²) >= 11 is 0. The molecule has 0 fully saturated rings. The van der Waals surface area contributed by atoms with Gasteiger partial charge in [0.05, 0.1) is 5.52 Å². The first-order valence-corrected chi connectivity index (χ1v) is 4.87. The number of nitrogens with two attached hydrogens (primary N) is 1. The van der Waals surface area contributed by atoms with Crippen LogP contribution in [0.15, 0.2) is 24.3 Å². The molecule has 17 heavy (non-hydrogen) atoms. The number of rotatable bonds is 1. The van der Waals surface area contributed by atoms with Gasteiger partial charge in [0, 0.05) is 12.4 Å². The molecular weight excluding hydrogens is 222 g/mol. The first-order chi connectivity index (χ1) is 8.09. The van der Waals surface area contributed by atoms with Crippen LogP contribution in [0.4, 0.5) is 4.79 Å². The lowest BCUT2D eigenvalue weighted by Crippen LogP contribution is -2.44. The summed E-state index contributed by atoms with van der Waals surface area (Å²) in [6.07, 6.45) is 0. The highest BCUT2D eigenvalue weighted by molar-refractivity contribution is 6.05. The van der Waals surface area contributed by atoms with Gasteiger partial charge in [0.1, 0.15) is 0 Å². The molecule has 0 aliphatic rings. The number of primary amides is 1. The summed E-state index contributed by atoms with van der Waals surface area (Å²) in [5, 5.41) is 4.79. The van der Waals surface area contributed by atoms with Crippen molar-refractivity contribution in [1.29, 1.82) is 0 Å². The van der Waals surface area contributed by atoms with E-state index in [1.807, 2.05) is 23.6 Å². The molecule has 0 unspecified atom stereocenters. The molecule has 0 aliphatic heterocycles. The van der Waals surface area contributed by atoms with E-state index >= 15 is 0 Å². The van der Waals surface area contributed by atoms with Gasteiger partial charge in [0.2, 0.25) is 0 Å². The number of aromatic nitrogens is 2. The van der Waals surface area contributed by atoms with Gasteiger partial charge in [-0.15, -0.1) is 0 Å². The predicted octanol–water partition coefficient (Wildman–Crippen LogP) is -0.114. The summed E-state index contributed by atoms with van der Waals surface area (Å²) in [6, 6.07) is 6.45. The summed E-state index contributed by atoms with van der Waals surface area (Å²) in [6.45, 7) is 0. The lowest BCUT2D eigenvalue weighted by molar-refractivity contribution is 0.0933. The van der Waals surface area contributed by atoms with Crippen LogP contribution in [0.1, 0.15) is 10.5 Å². The van der Waals surface area contributed by atoms with Gasteiger partial charge in [-0.3, -0.25) is 14.9 Å². The average Bonchev–Trinajstić information content (AvgIpc) is 2.65. The molecule has 0 bridgehead atoms. The van der Waals surface area contributed by atoms with Crippen molar-refractivity contribution < 1.29 is 9.59 Å². The lowest BCUT2D eigenvalue weighted by Gasteiger charge is -2.01. The Morgan fingerprint density at radius 2 is 2.00 bits per heavy atom. The summed E-state index contributed by atoms with van der Waals surface area (Å²) in [5.74, 6) is -0.513. The zero-order chi connectivity index (χ0) is 12.4. The van der Waals surface area contributed by atoms with Crippen LogP contribution in [0.5, 0.6) is 0 Å². The van der Waals surface area contributed by atoms with Crippen molar-refractivity contribution in [2.45, 2.75) is 0 Å². The van der Waals surface area contributed by atoms with Gasteiger partial charge in [-0.1, -0.05) is 18.2 Å². The number of carbonyl (C=O) groups is 2. The Labute approximate surface area is 96.5 Å². The molecule has 0 aliphatic carbocycles. The molecule has 4 N–H and O–H groups in total. The molecule has 2 rings (SSSR count). The van der Waals surface area contributed by atoms with Crippen LogP contribution in [0, 0.1) is 0 Å². The van der Waals surface area contributed by atoms with Gasteiger partial charge in [-0.05, 0) is 6.07 Å². The van der Waals surface area contributed by atoms with Crippen LogP contribution in [0.25, 0.3) is 10.9 Å². The topological polar surface area (TPSA) is 102 Å². The van der Waals surface area contributed by atoms with E-state index in [9.17, 15) is 9.59 Å². The lowest BCUT2D eigenvalue weighted by atomic mass is 10.2. The minimum Gasteiger partial charge on any atom is -0.350 e. The summed E-state index contributed by atoms with van der Waals surface area (Å²) in [7, 11) is 1.74. The molecule has 0 saturated heterocycles. The second-order valence-electron chi connectivity index (χ2n) is 3.43.